The fraction of sp³-hybridized carbons (Fsp3) is 0.625. The highest BCUT2D eigenvalue weighted by Crippen LogP contribution is 2.53. The molecule has 0 radical (unpaired) electrons. The number of rotatable bonds is 4. The van der Waals surface area contributed by atoms with E-state index in [0.29, 0.717) is 10.8 Å². The molecule has 0 fully saturated rings. The molecule has 22 heavy (non-hydrogen) atoms. The zero-order valence-electron chi connectivity index (χ0n) is 10.2. The maximum atomic E-state index is 12.3. The largest absolute Gasteiger partial charge is 0.447 e. The van der Waals surface area contributed by atoms with Gasteiger partial charge < -0.3 is 4.57 Å². The molecule has 0 aliphatic rings. The Morgan fingerprint density at radius 1 is 0.909 bits per heavy atom. The van der Waals surface area contributed by atoms with Crippen LogP contribution in [-0.2, 0) is 7.05 Å². The van der Waals surface area contributed by atoms with Gasteiger partial charge in [0.1, 0.15) is 15.4 Å². The molecule has 1 heterocycles. The van der Waals surface area contributed by atoms with Crippen LogP contribution >= 0.6 is 35.3 Å². The Bertz CT molecular complexity index is 488. The highest BCUT2D eigenvalue weighted by Gasteiger charge is 2.43. The van der Waals surface area contributed by atoms with E-state index in [9.17, 15) is 39.5 Å². The molecule has 0 aliphatic carbocycles. The van der Waals surface area contributed by atoms with Crippen LogP contribution in [0.25, 0.3) is 0 Å². The molecule has 0 bridgehead atoms. The molecular weight excluding hydrogens is 391 g/mol. The van der Waals surface area contributed by atoms with Crippen LogP contribution in [0.4, 0.5) is 39.5 Å². The summed E-state index contributed by atoms with van der Waals surface area (Å²) in [6.45, 7) is 0. The minimum absolute atomic E-state index is 0.556. The summed E-state index contributed by atoms with van der Waals surface area (Å²) in [5, 5.41) is -0.613. The molecule has 2 nitrogen and oxygen atoms in total. The molecule has 128 valence electrons. The Kier molecular flexibility index (Phi) is 5.93. The summed E-state index contributed by atoms with van der Waals surface area (Å²) >= 11 is -2.69. The Balaban J connectivity index is 3.09. The maximum Gasteiger partial charge on any atom is 0.447 e. The van der Waals surface area contributed by atoms with Gasteiger partial charge in [-0.3, -0.25) is 0 Å². The number of hydrogen-bond acceptors (Lipinski definition) is 4. The van der Waals surface area contributed by atoms with E-state index in [1.807, 2.05) is 0 Å². The van der Waals surface area contributed by atoms with Crippen LogP contribution in [0.2, 0.25) is 0 Å². The lowest BCUT2D eigenvalue weighted by molar-refractivity contribution is -0.0355. The number of nitrogens with zero attached hydrogens (tertiary/aromatic N) is 2. The Hall–Kier alpha value is -0.370. The van der Waals surface area contributed by atoms with E-state index in [1.54, 1.807) is 0 Å². The van der Waals surface area contributed by atoms with Gasteiger partial charge in [0.25, 0.3) is 0 Å². The smallest absolute Gasteiger partial charge is 0.324 e. The minimum Gasteiger partial charge on any atom is -0.324 e. The molecular formula is C8H5F9N2S3. The Labute approximate surface area is 130 Å². The summed E-state index contributed by atoms with van der Waals surface area (Å²) in [5.41, 5.74) is -14.8. The second-order valence-electron chi connectivity index (χ2n) is 3.52. The summed E-state index contributed by atoms with van der Waals surface area (Å²) in [6, 6.07) is 0. The lowest BCUT2D eigenvalue weighted by Crippen LogP contribution is -2.13. The van der Waals surface area contributed by atoms with Crippen LogP contribution in [-0.4, -0.2) is 26.1 Å². The van der Waals surface area contributed by atoms with Crippen molar-refractivity contribution in [2.24, 2.45) is 7.05 Å². The van der Waals surface area contributed by atoms with Crippen LogP contribution in [0.5, 0.6) is 0 Å². The third kappa shape index (κ3) is 6.81. The van der Waals surface area contributed by atoms with Crippen LogP contribution in [0.3, 0.4) is 0 Å². The van der Waals surface area contributed by atoms with E-state index in [2.05, 4.69) is 4.98 Å². The maximum absolute atomic E-state index is 12.3. The van der Waals surface area contributed by atoms with Crippen LogP contribution in [0.15, 0.2) is 11.2 Å². The zero-order chi connectivity index (χ0) is 17.3. The topological polar surface area (TPSA) is 17.8 Å². The minimum atomic E-state index is -5.01. The molecule has 1 rings (SSSR count). The Morgan fingerprint density at radius 3 is 1.73 bits per heavy atom. The standard InChI is InChI=1S/C8H5F9N2S3/c1-19-3(20-6(9,10)11)2-18-4(19)5(21-7(12,13)14)22-8(15,16)17/h2,5H,1H3. The van der Waals surface area contributed by atoms with Gasteiger partial charge >= 0.3 is 16.5 Å². The first-order valence-electron chi connectivity index (χ1n) is 4.94. The monoisotopic (exact) mass is 396 g/mol. The molecule has 0 N–H and O–H groups in total. The molecule has 0 aliphatic heterocycles. The molecule has 0 aromatic carbocycles. The van der Waals surface area contributed by atoms with E-state index < -0.39 is 67.2 Å². The lowest BCUT2D eigenvalue weighted by atomic mass is 10.7. The average molecular weight is 396 g/mol. The number of aromatic nitrogens is 2. The van der Waals surface area contributed by atoms with Gasteiger partial charge in [0.2, 0.25) is 0 Å². The first-order chi connectivity index (χ1) is 9.68. The van der Waals surface area contributed by atoms with E-state index in [4.69, 9.17) is 0 Å². The second kappa shape index (κ2) is 6.63. The normalized spacial score (nSPS) is 14.0. The number of hydrogen-bond donors (Lipinski definition) is 0. The molecule has 0 amide bonds. The quantitative estimate of drug-likeness (QED) is 0.378. The van der Waals surface area contributed by atoms with Gasteiger partial charge in [0.05, 0.1) is 6.20 Å². The van der Waals surface area contributed by atoms with E-state index in [-0.39, 0.29) is 0 Å². The SMILES string of the molecule is Cn1c(SC(F)(F)F)cnc1C(SC(F)(F)F)SC(F)(F)F. The van der Waals surface area contributed by atoms with Crippen molar-refractivity contribution in [2.75, 3.05) is 0 Å². The molecule has 0 unspecified atom stereocenters. The molecule has 1 aromatic heterocycles. The molecule has 0 atom stereocenters. The molecule has 1 aromatic rings. The zero-order valence-corrected chi connectivity index (χ0v) is 12.6. The Morgan fingerprint density at radius 2 is 1.36 bits per heavy atom. The molecule has 0 saturated carbocycles. The van der Waals surface area contributed by atoms with Crippen molar-refractivity contribution in [1.29, 1.82) is 0 Å². The predicted octanol–water partition coefficient (Wildman–Crippen LogP) is 5.54. The van der Waals surface area contributed by atoms with Crippen molar-refractivity contribution in [1.82, 2.24) is 9.55 Å². The summed E-state index contributed by atoms with van der Waals surface area (Å²) in [6.07, 6.45) is 0.578. The molecule has 14 heteroatoms. The van der Waals surface area contributed by atoms with Gasteiger partial charge in [-0.15, -0.1) is 0 Å². The summed E-state index contributed by atoms with van der Waals surface area (Å²) in [4.78, 5) is 3.27. The van der Waals surface area contributed by atoms with Gasteiger partial charge in [0.15, 0.2) is 0 Å². The summed E-state index contributed by atoms with van der Waals surface area (Å²) in [7, 11) is 0.914. The van der Waals surface area contributed by atoms with Crippen LogP contribution < -0.4 is 0 Å². The van der Waals surface area contributed by atoms with Gasteiger partial charge in [-0.1, -0.05) is 0 Å². The van der Waals surface area contributed by atoms with Gasteiger partial charge in [-0.05, 0) is 23.5 Å². The number of halogens is 9. The third-order valence-corrected chi connectivity index (χ3v) is 4.68. The summed E-state index contributed by atoms with van der Waals surface area (Å²) < 4.78 is 109. The fourth-order valence-electron chi connectivity index (χ4n) is 1.21. The van der Waals surface area contributed by atoms with Gasteiger partial charge in [0, 0.05) is 18.8 Å². The van der Waals surface area contributed by atoms with Crippen LogP contribution in [0.1, 0.15) is 10.4 Å². The number of alkyl halides is 9. The van der Waals surface area contributed by atoms with E-state index in [1.165, 1.54) is 0 Å². The van der Waals surface area contributed by atoms with Gasteiger partial charge in [-0.25, -0.2) is 4.98 Å². The highest BCUT2D eigenvalue weighted by atomic mass is 32.2. The number of thioether (sulfide) groups is 3. The van der Waals surface area contributed by atoms with Crippen molar-refractivity contribution in [2.45, 2.75) is 26.1 Å². The van der Waals surface area contributed by atoms with Crippen molar-refractivity contribution < 1.29 is 39.5 Å². The van der Waals surface area contributed by atoms with Gasteiger partial charge in [-0.2, -0.15) is 39.5 Å². The summed E-state index contributed by atoms with van der Waals surface area (Å²) in [5.74, 6) is -0.767. The fourth-order valence-corrected chi connectivity index (χ4v) is 3.77. The lowest BCUT2D eigenvalue weighted by Gasteiger charge is -2.19. The van der Waals surface area contributed by atoms with E-state index >= 15 is 0 Å². The molecule has 0 spiro atoms. The third-order valence-electron chi connectivity index (χ3n) is 1.89. The van der Waals surface area contributed by atoms with Crippen LogP contribution in [0, 0.1) is 0 Å². The van der Waals surface area contributed by atoms with Crippen molar-refractivity contribution in [3.8, 4) is 0 Å². The van der Waals surface area contributed by atoms with Crippen molar-refractivity contribution in [3.05, 3.63) is 12.0 Å². The highest BCUT2D eigenvalue weighted by molar-refractivity contribution is 8.17. The van der Waals surface area contributed by atoms with E-state index in [0.717, 1.165) is 7.05 Å². The average Bonchev–Trinajstić information content (AvgIpc) is 2.52. The van der Waals surface area contributed by atoms with Crippen molar-refractivity contribution >= 4 is 35.3 Å². The molecule has 0 saturated heterocycles. The predicted molar refractivity (Wildman–Crippen MR) is 65.2 cm³/mol. The number of imidazole rings is 1. The first kappa shape index (κ1) is 19.7. The second-order valence-corrected chi connectivity index (χ2v) is 7.24. The van der Waals surface area contributed by atoms with Crippen molar-refractivity contribution in [3.63, 3.8) is 0 Å². The first-order valence-corrected chi connectivity index (χ1v) is 7.52.